The van der Waals surface area contributed by atoms with Crippen LogP contribution in [0.3, 0.4) is 0 Å². The maximum atomic E-state index is 4.80. The number of aromatic nitrogens is 3. The van der Waals surface area contributed by atoms with Crippen molar-refractivity contribution in [2.75, 3.05) is 13.1 Å². The van der Waals surface area contributed by atoms with Crippen molar-refractivity contribution in [3.05, 3.63) is 41.3 Å². The van der Waals surface area contributed by atoms with Crippen LogP contribution in [0.15, 0.2) is 24.4 Å². The molecule has 114 valence electrons. The Morgan fingerprint density at radius 3 is 2.57 bits per heavy atom. The maximum absolute atomic E-state index is 4.80. The summed E-state index contributed by atoms with van der Waals surface area (Å²) in [7, 11) is 0. The molecule has 0 saturated carbocycles. The molecule has 0 aromatic carbocycles. The second kappa shape index (κ2) is 7.93. The van der Waals surface area contributed by atoms with Gasteiger partial charge in [-0.2, -0.15) is 5.10 Å². The first-order chi connectivity index (χ1) is 10.3. The van der Waals surface area contributed by atoms with Crippen LogP contribution in [0.4, 0.5) is 0 Å². The van der Waals surface area contributed by atoms with Gasteiger partial charge in [0, 0.05) is 11.9 Å². The molecule has 2 heterocycles. The number of nitrogens with one attached hydrogen (secondary N) is 1. The molecule has 2 aromatic rings. The summed E-state index contributed by atoms with van der Waals surface area (Å²) in [4.78, 5) is 4.44. The fourth-order valence-corrected chi connectivity index (χ4v) is 2.66. The lowest BCUT2D eigenvalue weighted by Gasteiger charge is -2.08. The van der Waals surface area contributed by atoms with Crippen LogP contribution in [-0.4, -0.2) is 27.9 Å². The molecule has 0 unspecified atom stereocenters. The van der Waals surface area contributed by atoms with Crippen LogP contribution < -0.4 is 5.32 Å². The van der Waals surface area contributed by atoms with E-state index >= 15 is 0 Å². The van der Waals surface area contributed by atoms with Gasteiger partial charge in [-0.05, 0) is 56.5 Å². The van der Waals surface area contributed by atoms with E-state index in [2.05, 4.69) is 31.1 Å². The van der Waals surface area contributed by atoms with Crippen LogP contribution in [-0.2, 0) is 19.3 Å². The molecule has 2 aromatic heterocycles. The summed E-state index contributed by atoms with van der Waals surface area (Å²) < 4.78 is 2.02. The summed E-state index contributed by atoms with van der Waals surface area (Å²) in [5, 5.41) is 8.28. The molecule has 0 saturated heterocycles. The molecule has 0 aliphatic rings. The zero-order valence-corrected chi connectivity index (χ0v) is 13.4. The molecule has 0 atom stereocenters. The zero-order valence-electron chi connectivity index (χ0n) is 13.4. The van der Waals surface area contributed by atoms with Crippen molar-refractivity contribution < 1.29 is 0 Å². The molecule has 0 radical (unpaired) electrons. The van der Waals surface area contributed by atoms with E-state index in [4.69, 9.17) is 5.10 Å². The lowest BCUT2D eigenvalue weighted by Crippen LogP contribution is -2.18. The average molecular weight is 286 g/mol. The predicted octanol–water partition coefficient (Wildman–Crippen LogP) is 2.93. The van der Waals surface area contributed by atoms with E-state index in [1.165, 1.54) is 23.4 Å². The van der Waals surface area contributed by atoms with Gasteiger partial charge in [-0.1, -0.05) is 26.8 Å². The molecule has 0 bridgehead atoms. The summed E-state index contributed by atoms with van der Waals surface area (Å²) in [6.07, 6.45) is 5.99. The van der Waals surface area contributed by atoms with E-state index in [1.807, 2.05) is 29.1 Å². The fourth-order valence-electron chi connectivity index (χ4n) is 2.66. The van der Waals surface area contributed by atoms with Gasteiger partial charge in [0.25, 0.3) is 0 Å². The topological polar surface area (TPSA) is 42.7 Å². The molecule has 0 aliphatic carbocycles. The molecule has 0 fully saturated rings. The fraction of sp³-hybridized carbons (Fsp3) is 0.529. The highest BCUT2D eigenvalue weighted by molar-refractivity contribution is 5.34. The van der Waals surface area contributed by atoms with Crippen molar-refractivity contribution in [2.45, 2.75) is 46.5 Å². The molecule has 21 heavy (non-hydrogen) atoms. The Bertz CT molecular complexity index is 545. The van der Waals surface area contributed by atoms with E-state index in [-0.39, 0.29) is 0 Å². The summed E-state index contributed by atoms with van der Waals surface area (Å²) >= 11 is 0. The highest BCUT2D eigenvalue weighted by Gasteiger charge is 2.16. The second-order valence-corrected chi connectivity index (χ2v) is 5.18. The van der Waals surface area contributed by atoms with Crippen molar-refractivity contribution in [2.24, 2.45) is 0 Å². The van der Waals surface area contributed by atoms with Gasteiger partial charge in [0.05, 0.1) is 5.69 Å². The third-order valence-electron chi connectivity index (χ3n) is 3.69. The highest BCUT2D eigenvalue weighted by atomic mass is 15.3. The van der Waals surface area contributed by atoms with Gasteiger partial charge in [-0.15, -0.1) is 0 Å². The Balaban J connectivity index is 2.28. The van der Waals surface area contributed by atoms with Gasteiger partial charge in [-0.3, -0.25) is 0 Å². The quantitative estimate of drug-likeness (QED) is 0.759. The zero-order chi connectivity index (χ0) is 15.1. The third-order valence-corrected chi connectivity index (χ3v) is 3.69. The van der Waals surface area contributed by atoms with Gasteiger partial charge >= 0.3 is 0 Å². The largest absolute Gasteiger partial charge is 0.316 e. The summed E-state index contributed by atoms with van der Waals surface area (Å²) in [5.41, 5.74) is 3.90. The van der Waals surface area contributed by atoms with Crippen LogP contribution in [0.25, 0.3) is 5.82 Å². The first-order valence-electron chi connectivity index (χ1n) is 8.03. The Morgan fingerprint density at radius 2 is 1.95 bits per heavy atom. The van der Waals surface area contributed by atoms with Gasteiger partial charge in [0.1, 0.15) is 0 Å². The number of rotatable bonds is 8. The van der Waals surface area contributed by atoms with E-state index < -0.39 is 0 Å². The Labute approximate surface area is 127 Å². The van der Waals surface area contributed by atoms with Crippen molar-refractivity contribution in [1.29, 1.82) is 0 Å². The Morgan fingerprint density at radius 1 is 1.10 bits per heavy atom. The van der Waals surface area contributed by atoms with Crippen molar-refractivity contribution in [3.8, 4) is 5.82 Å². The molecule has 4 heteroatoms. The van der Waals surface area contributed by atoms with Crippen molar-refractivity contribution in [3.63, 3.8) is 0 Å². The van der Waals surface area contributed by atoms with Gasteiger partial charge in [-0.25, -0.2) is 9.67 Å². The SMILES string of the molecule is CCCNCCc1c(CC)nn(-c2ccccn2)c1CC. The van der Waals surface area contributed by atoms with E-state index in [9.17, 15) is 0 Å². The van der Waals surface area contributed by atoms with Gasteiger partial charge < -0.3 is 5.32 Å². The van der Waals surface area contributed by atoms with Crippen LogP contribution in [0, 0.1) is 0 Å². The third kappa shape index (κ3) is 3.70. The maximum Gasteiger partial charge on any atom is 0.153 e. The minimum atomic E-state index is 0.914. The first-order valence-corrected chi connectivity index (χ1v) is 8.03. The highest BCUT2D eigenvalue weighted by Crippen LogP contribution is 2.19. The standard InChI is InChI=1S/C17H26N4/c1-4-11-18-13-10-14-15(5-2)20-21(16(14)6-3)17-9-7-8-12-19-17/h7-9,12,18H,4-6,10-11,13H2,1-3H3. The number of pyridine rings is 1. The summed E-state index contributed by atoms with van der Waals surface area (Å²) in [6.45, 7) is 8.66. The lowest BCUT2D eigenvalue weighted by molar-refractivity contribution is 0.667. The Hall–Kier alpha value is -1.68. The van der Waals surface area contributed by atoms with E-state index in [0.29, 0.717) is 0 Å². The summed E-state index contributed by atoms with van der Waals surface area (Å²) in [5.74, 6) is 0.914. The lowest BCUT2D eigenvalue weighted by atomic mass is 10.1. The van der Waals surface area contributed by atoms with Gasteiger partial charge in [0.2, 0.25) is 0 Å². The van der Waals surface area contributed by atoms with Crippen LogP contribution in [0.2, 0.25) is 0 Å². The minimum absolute atomic E-state index is 0.914. The van der Waals surface area contributed by atoms with Crippen molar-refractivity contribution in [1.82, 2.24) is 20.1 Å². The molecular formula is C17H26N4. The first kappa shape index (κ1) is 15.7. The second-order valence-electron chi connectivity index (χ2n) is 5.18. The molecular weight excluding hydrogens is 260 g/mol. The minimum Gasteiger partial charge on any atom is -0.316 e. The number of aryl methyl sites for hydroxylation is 1. The number of hydrogen-bond donors (Lipinski definition) is 1. The number of nitrogens with zero attached hydrogens (tertiary/aromatic N) is 3. The smallest absolute Gasteiger partial charge is 0.153 e. The Kier molecular flexibility index (Phi) is 5.93. The average Bonchev–Trinajstić information content (AvgIpc) is 2.90. The van der Waals surface area contributed by atoms with E-state index in [0.717, 1.165) is 38.2 Å². The molecule has 0 amide bonds. The summed E-state index contributed by atoms with van der Waals surface area (Å²) in [6, 6.07) is 5.97. The molecule has 0 aliphatic heterocycles. The van der Waals surface area contributed by atoms with E-state index in [1.54, 1.807) is 0 Å². The molecule has 2 rings (SSSR count). The molecule has 0 spiro atoms. The van der Waals surface area contributed by atoms with Crippen LogP contribution >= 0.6 is 0 Å². The molecule has 4 nitrogen and oxygen atoms in total. The molecule has 1 N–H and O–H groups in total. The normalized spacial score (nSPS) is 11.0. The monoisotopic (exact) mass is 286 g/mol. The van der Waals surface area contributed by atoms with Gasteiger partial charge in [0.15, 0.2) is 5.82 Å². The van der Waals surface area contributed by atoms with Crippen LogP contribution in [0.5, 0.6) is 0 Å². The number of hydrogen-bond acceptors (Lipinski definition) is 3. The van der Waals surface area contributed by atoms with Crippen LogP contribution in [0.1, 0.15) is 44.1 Å². The predicted molar refractivity (Wildman–Crippen MR) is 87.0 cm³/mol. The van der Waals surface area contributed by atoms with Crippen molar-refractivity contribution >= 4 is 0 Å².